The van der Waals surface area contributed by atoms with Gasteiger partial charge >= 0.3 is 0 Å². The summed E-state index contributed by atoms with van der Waals surface area (Å²) >= 11 is 6.51. The zero-order valence-corrected chi connectivity index (χ0v) is 17.8. The van der Waals surface area contributed by atoms with Crippen molar-refractivity contribution in [2.75, 3.05) is 7.11 Å². The van der Waals surface area contributed by atoms with Gasteiger partial charge in [-0.2, -0.15) is 5.26 Å². The van der Waals surface area contributed by atoms with Crippen LogP contribution in [0.1, 0.15) is 43.6 Å². The van der Waals surface area contributed by atoms with Crippen LogP contribution in [-0.4, -0.2) is 39.5 Å². The second kappa shape index (κ2) is 7.53. The van der Waals surface area contributed by atoms with Gasteiger partial charge in [0, 0.05) is 41.1 Å². The number of nitrogens with zero attached hydrogens (tertiary/aromatic N) is 4. The number of nitriles is 1. The highest BCUT2D eigenvalue weighted by Crippen LogP contribution is 2.58. The van der Waals surface area contributed by atoms with E-state index >= 15 is 0 Å². The largest absolute Gasteiger partial charge is 0.495 e. The minimum Gasteiger partial charge on any atom is -0.495 e. The van der Waals surface area contributed by atoms with E-state index in [4.69, 9.17) is 26.5 Å². The average molecular weight is 415 g/mol. The molecular formula is C21H23ClN4O3. The number of halogens is 1. The van der Waals surface area contributed by atoms with Crippen molar-refractivity contribution in [3.05, 3.63) is 48.0 Å². The summed E-state index contributed by atoms with van der Waals surface area (Å²) in [5.41, 5.74) is -0.0993. The first-order chi connectivity index (χ1) is 13.6. The summed E-state index contributed by atoms with van der Waals surface area (Å²) in [5.74, 6) is 0.695. The van der Waals surface area contributed by atoms with Crippen LogP contribution in [0.3, 0.4) is 0 Å². The van der Waals surface area contributed by atoms with Crippen molar-refractivity contribution in [2.45, 2.75) is 39.8 Å². The minimum absolute atomic E-state index is 0.223. The number of hydrogen-bond acceptors (Lipinski definition) is 6. The summed E-state index contributed by atoms with van der Waals surface area (Å²) in [6, 6.07) is 6.91. The third-order valence-electron chi connectivity index (χ3n) is 5.54. The molecule has 0 saturated heterocycles. The van der Waals surface area contributed by atoms with Gasteiger partial charge in [0.25, 0.3) is 5.91 Å². The standard InChI is InChI=1S/C21H23ClN4O3/c1-20(2)18(26(22)17(27)14-10-24-12-25-11-14)21(3,4)19(20)29-15-7-6-13(9-23)16(8-15)28-5/h6-8,10-12,18-19H,1-5H3. The summed E-state index contributed by atoms with van der Waals surface area (Å²) in [4.78, 5) is 20.6. The third-order valence-corrected chi connectivity index (χ3v) is 5.89. The van der Waals surface area contributed by atoms with E-state index in [1.807, 2.05) is 27.7 Å². The number of amides is 1. The monoisotopic (exact) mass is 414 g/mol. The smallest absolute Gasteiger partial charge is 0.271 e. The highest BCUT2D eigenvalue weighted by atomic mass is 35.5. The summed E-state index contributed by atoms with van der Waals surface area (Å²) < 4.78 is 12.8. The predicted octanol–water partition coefficient (Wildman–Crippen LogP) is 3.84. The summed E-state index contributed by atoms with van der Waals surface area (Å²) in [5, 5.41) is 9.16. The van der Waals surface area contributed by atoms with Gasteiger partial charge in [-0.1, -0.05) is 27.7 Å². The topological polar surface area (TPSA) is 88.3 Å². The van der Waals surface area contributed by atoms with E-state index in [1.165, 1.54) is 30.2 Å². The molecule has 0 unspecified atom stereocenters. The number of methoxy groups -OCH3 is 1. The number of carbonyl (C=O) groups is 1. The van der Waals surface area contributed by atoms with Crippen LogP contribution in [0, 0.1) is 22.2 Å². The fourth-order valence-electron chi connectivity index (χ4n) is 4.62. The van der Waals surface area contributed by atoms with Gasteiger partial charge in [-0.3, -0.25) is 4.79 Å². The van der Waals surface area contributed by atoms with Crippen molar-refractivity contribution in [3.8, 4) is 17.6 Å². The first-order valence-corrected chi connectivity index (χ1v) is 9.47. The van der Waals surface area contributed by atoms with Crippen LogP contribution < -0.4 is 9.47 Å². The summed E-state index contributed by atoms with van der Waals surface area (Å²) in [6.07, 6.45) is 4.03. The van der Waals surface area contributed by atoms with Crippen molar-refractivity contribution < 1.29 is 14.3 Å². The molecule has 1 aliphatic carbocycles. The molecule has 1 saturated carbocycles. The van der Waals surface area contributed by atoms with Gasteiger partial charge in [0.05, 0.1) is 24.3 Å². The van der Waals surface area contributed by atoms with Crippen LogP contribution in [0.2, 0.25) is 0 Å². The zero-order valence-electron chi connectivity index (χ0n) is 17.0. The molecule has 1 aliphatic rings. The SMILES string of the molecule is COc1cc(OC2C(C)(C)C(N(Cl)C(=O)c3cncnc3)C2(C)C)ccc1C#N. The van der Waals surface area contributed by atoms with E-state index in [0.717, 1.165) is 0 Å². The molecule has 1 heterocycles. The highest BCUT2D eigenvalue weighted by Gasteiger charge is 2.66. The van der Waals surface area contributed by atoms with E-state index in [-0.39, 0.29) is 18.1 Å². The summed E-state index contributed by atoms with van der Waals surface area (Å²) in [7, 11) is 1.51. The normalized spacial score (nSPS) is 21.4. The van der Waals surface area contributed by atoms with Gasteiger partial charge in [0.1, 0.15) is 30.0 Å². The number of ether oxygens (including phenoxy) is 2. The Morgan fingerprint density at radius 2 is 1.83 bits per heavy atom. The molecule has 0 N–H and O–H groups in total. The first kappa shape index (κ1) is 20.9. The van der Waals surface area contributed by atoms with Gasteiger partial charge in [-0.05, 0) is 12.1 Å². The Kier molecular flexibility index (Phi) is 5.42. The van der Waals surface area contributed by atoms with Crippen molar-refractivity contribution in [1.29, 1.82) is 5.26 Å². The third kappa shape index (κ3) is 3.49. The Labute approximate surface area is 175 Å². The number of carbonyl (C=O) groups excluding carboxylic acids is 1. The van der Waals surface area contributed by atoms with Crippen LogP contribution in [0.15, 0.2) is 36.9 Å². The molecule has 1 aromatic heterocycles. The van der Waals surface area contributed by atoms with Gasteiger partial charge in [-0.15, -0.1) is 0 Å². The molecule has 29 heavy (non-hydrogen) atoms. The van der Waals surface area contributed by atoms with Crippen molar-refractivity contribution >= 4 is 17.7 Å². The van der Waals surface area contributed by atoms with Gasteiger partial charge in [0.2, 0.25) is 0 Å². The van der Waals surface area contributed by atoms with Gasteiger partial charge in [0.15, 0.2) is 0 Å². The Morgan fingerprint density at radius 3 is 2.38 bits per heavy atom. The quantitative estimate of drug-likeness (QED) is 0.691. The Balaban J connectivity index is 1.83. The number of benzene rings is 1. The number of rotatable bonds is 5. The van der Waals surface area contributed by atoms with Gasteiger partial charge < -0.3 is 9.47 Å². The molecule has 1 fully saturated rings. The van der Waals surface area contributed by atoms with E-state index in [0.29, 0.717) is 22.6 Å². The second-order valence-electron chi connectivity index (χ2n) is 8.26. The lowest BCUT2D eigenvalue weighted by Crippen LogP contribution is -2.73. The lowest BCUT2D eigenvalue weighted by molar-refractivity contribution is -0.184. The molecule has 0 spiro atoms. The fourth-order valence-corrected chi connectivity index (χ4v) is 5.22. The van der Waals surface area contributed by atoms with Crippen molar-refractivity contribution in [3.63, 3.8) is 0 Å². The summed E-state index contributed by atoms with van der Waals surface area (Å²) in [6.45, 7) is 8.05. The van der Waals surface area contributed by atoms with Crippen LogP contribution in [0.25, 0.3) is 0 Å². The van der Waals surface area contributed by atoms with E-state index < -0.39 is 10.8 Å². The van der Waals surface area contributed by atoms with Crippen molar-refractivity contribution in [2.24, 2.45) is 10.8 Å². The number of hydrogen-bond donors (Lipinski definition) is 0. The maximum absolute atomic E-state index is 12.8. The lowest BCUT2D eigenvalue weighted by Gasteiger charge is -2.64. The van der Waals surface area contributed by atoms with Crippen LogP contribution in [0.4, 0.5) is 0 Å². The van der Waals surface area contributed by atoms with Crippen LogP contribution >= 0.6 is 11.8 Å². The van der Waals surface area contributed by atoms with Crippen molar-refractivity contribution in [1.82, 2.24) is 14.4 Å². The van der Waals surface area contributed by atoms with E-state index in [1.54, 1.807) is 18.2 Å². The first-order valence-electron chi connectivity index (χ1n) is 9.13. The number of aromatic nitrogens is 2. The molecule has 1 aromatic carbocycles. The molecule has 8 heteroatoms. The Morgan fingerprint density at radius 1 is 1.21 bits per heavy atom. The molecule has 3 rings (SSSR count). The average Bonchev–Trinajstić information content (AvgIpc) is 2.71. The molecule has 152 valence electrons. The van der Waals surface area contributed by atoms with E-state index in [9.17, 15) is 4.79 Å². The predicted molar refractivity (Wildman–Crippen MR) is 108 cm³/mol. The zero-order chi connectivity index (χ0) is 21.4. The maximum Gasteiger partial charge on any atom is 0.271 e. The molecular weight excluding hydrogens is 392 g/mol. The molecule has 1 amide bonds. The Hall–Kier alpha value is -2.85. The minimum atomic E-state index is -0.433. The molecule has 0 radical (unpaired) electrons. The molecule has 0 bridgehead atoms. The van der Waals surface area contributed by atoms with E-state index in [2.05, 4.69) is 16.0 Å². The fraction of sp³-hybridized carbons (Fsp3) is 0.429. The Bertz CT molecular complexity index is 940. The molecule has 0 aliphatic heterocycles. The van der Waals surface area contributed by atoms with Gasteiger partial charge in [-0.25, -0.2) is 14.4 Å². The molecule has 7 nitrogen and oxygen atoms in total. The lowest BCUT2D eigenvalue weighted by atomic mass is 9.49. The maximum atomic E-state index is 12.8. The second-order valence-corrected chi connectivity index (χ2v) is 8.62. The molecule has 0 atom stereocenters. The van der Waals surface area contributed by atoms with Crippen LogP contribution in [0.5, 0.6) is 11.5 Å². The molecule has 2 aromatic rings. The highest BCUT2D eigenvalue weighted by molar-refractivity contribution is 6.24. The van der Waals surface area contributed by atoms with Crippen LogP contribution in [-0.2, 0) is 0 Å².